The summed E-state index contributed by atoms with van der Waals surface area (Å²) in [6.07, 6.45) is 8.34. The van der Waals surface area contributed by atoms with Gasteiger partial charge in [-0.05, 0) is 32.6 Å². The fraction of sp³-hybridized carbons (Fsp3) is 0.929. The highest BCUT2D eigenvalue weighted by molar-refractivity contribution is 9.09. The van der Waals surface area contributed by atoms with Crippen molar-refractivity contribution >= 4 is 21.8 Å². The standard InChI is InChI=1S/C14H26BrNO/c1-12(2)16(11-5-10-15)14(17)9-8-13-6-3-4-7-13/h12-13H,3-11H2,1-2H3. The van der Waals surface area contributed by atoms with Crippen molar-refractivity contribution in [3.63, 3.8) is 0 Å². The molecule has 17 heavy (non-hydrogen) atoms. The van der Waals surface area contributed by atoms with Crippen molar-refractivity contribution in [3.8, 4) is 0 Å². The van der Waals surface area contributed by atoms with Gasteiger partial charge >= 0.3 is 0 Å². The van der Waals surface area contributed by atoms with Crippen molar-refractivity contribution in [2.24, 2.45) is 5.92 Å². The maximum atomic E-state index is 12.2. The van der Waals surface area contributed by atoms with Crippen LogP contribution in [0.15, 0.2) is 0 Å². The predicted molar refractivity (Wildman–Crippen MR) is 76.5 cm³/mol. The lowest BCUT2D eigenvalue weighted by molar-refractivity contribution is -0.133. The molecule has 0 heterocycles. The Morgan fingerprint density at radius 3 is 2.53 bits per heavy atom. The zero-order valence-corrected chi connectivity index (χ0v) is 12.8. The van der Waals surface area contributed by atoms with Gasteiger partial charge in [0.05, 0.1) is 0 Å². The monoisotopic (exact) mass is 303 g/mol. The molecule has 0 aromatic rings. The zero-order chi connectivity index (χ0) is 12.7. The predicted octanol–water partition coefficient (Wildman–Crippen LogP) is 3.98. The molecule has 1 fully saturated rings. The first-order valence-corrected chi connectivity index (χ1v) is 8.12. The fourth-order valence-corrected chi connectivity index (χ4v) is 2.92. The van der Waals surface area contributed by atoms with Gasteiger partial charge in [-0.2, -0.15) is 0 Å². The molecule has 0 bridgehead atoms. The molecular formula is C14H26BrNO. The third kappa shape index (κ3) is 5.41. The molecule has 1 amide bonds. The topological polar surface area (TPSA) is 20.3 Å². The third-order valence-corrected chi connectivity index (χ3v) is 4.28. The van der Waals surface area contributed by atoms with Crippen LogP contribution in [-0.2, 0) is 4.79 Å². The smallest absolute Gasteiger partial charge is 0.222 e. The van der Waals surface area contributed by atoms with E-state index in [4.69, 9.17) is 0 Å². The number of hydrogen-bond acceptors (Lipinski definition) is 1. The molecule has 0 aliphatic heterocycles. The molecule has 0 unspecified atom stereocenters. The Hall–Kier alpha value is -0.0500. The second kappa shape index (κ2) is 8.12. The van der Waals surface area contributed by atoms with Crippen LogP contribution in [0.1, 0.15) is 58.8 Å². The Morgan fingerprint density at radius 2 is 2.00 bits per heavy atom. The Balaban J connectivity index is 2.30. The van der Waals surface area contributed by atoms with E-state index in [1.54, 1.807) is 0 Å². The van der Waals surface area contributed by atoms with E-state index in [0.29, 0.717) is 11.9 Å². The summed E-state index contributed by atoms with van der Waals surface area (Å²) in [5.74, 6) is 1.18. The first-order chi connectivity index (χ1) is 8.15. The Morgan fingerprint density at radius 1 is 1.35 bits per heavy atom. The quantitative estimate of drug-likeness (QED) is 0.652. The van der Waals surface area contributed by atoms with Crippen LogP contribution in [0.2, 0.25) is 0 Å². The lowest BCUT2D eigenvalue weighted by atomic mass is 10.0. The van der Waals surface area contributed by atoms with Gasteiger partial charge in [-0.3, -0.25) is 4.79 Å². The van der Waals surface area contributed by atoms with Crippen molar-refractivity contribution in [1.29, 1.82) is 0 Å². The number of hydrogen-bond donors (Lipinski definition) is 0. The van der Waals surface area contributed by atoms with Gasteiger partial charge in [0, 0.05) is 24.3 Å². The van der Waals surface area contributed by atoms with Crippen molar-refractivity contribution in [2.75, 3.05) is 11.9 Å². The molecular weight excluding hydrogens is 278 g/mol. The van der Waals surface area contributed by atoms with E-state index in [-0.39, 0.29) is 0 Å². The number of carbonyl (C=O) groups is 1. The summed E-state index contributed by atoms with van der Waals surface area (Å²) in [4.78, 5) is 14.2. The normalized spacial score (nSPS) is 16.7. The lowest BCUT2D eigenvalue weighted by Gasteiger charge is -2.27. The molecule has 0 saturated heterocycles. The molecule has 0 N–H and O–H groups in total. The molecule has 1 aliphatic carbocycles. The number of alkyl halides is 1. The highest BCUT2D eigenvalue weighted by Gasteiger charge is 2.20. The van der Waals surface area contributed by atoms with E-state index in [1.807, 2.05) is 4.90 Å². The summed E-state index contributed by atoms with van der Waals surface area (Å²) < 4.78 is 0. The summed E-state index contributed by atoms with van der Waals surface area (Å²) in [7, 11) is 0. The average Bonchev–Trinajstić information content (AvgIpc) is 2.79. The molecule has 1 rings (SSSR count). The molecule has 0 radical (unpaired) electrons. The summed E-state index contributed by atoms with van der Waals surface area (Å²) in [6.45, 7) is 5.12. The van der Waals surface area contributed by atoms with E-state index in [0.717, 1.165) is 37.1 Å². The van der Waals surface area contributed by atoms with Crippen LogP contribution in [0.5, 0.6) is 0 Å². The van der Waals surface area contributed by atoms with E-state index >= 15 is 0 Å². The average molecular weight is 304 g/mol. The van der Waals surface area contributed by atoms with Crippen LogP contribution in [0.4, 0.5) is 0 Å². The second-order valence-electron chi connectivity index (χ2n) is 5.41. The summed E-state index contributed by atoms with van der Waals surface area (Å²) in [6, 6.07) is 0.338. The molecule has 1 saturated carbocycles. The fourth-order valence-electron chi connectivity index (χ4n) is 2.67. The molecule has 2 nitrogen and oxygen atoms in total. The molecule has 3 heteroatoms. The van der Waals surface area contributed by atoms with Crippen molar-refractivity contribution in [1.82, 2.24) is 4.90 Å². The number of halogens is 1. The zero-order valence-electron chi connectivity index (χ0n) is 11.3. The summed E-state index contributed by atoms with van der Waals surface area (Å²) in [5.41, 5.74) is 0. The largest absolute Gasteiger partial charge is 0.340 e. The minimum atomic E-state index is 0.338. The molecule has 0 aromatic carbocycles. The number of rotatable bonds is 7. The van der Waals surface area contributed by atoms with E-state index < -0.39 is 0 Å². The van der Waals surface area contributed by atoms with E-state index in [2.05, 4.69) is 29.8 Å². The van der Waals surface area contributed by atoms with Gasteiger partial charge in [0.1, 0.15) is 0 Å². The van der Waals surface area contributed by atoms with Gasteiger partial charge < -0.3 is 4.90 Å². The number of amides is 1. The molecule has 1 aliphatic rings. The van der Waals surface area contributed by atoms with E-state index in [9.17, 15) is 4.79 Å². The molecule has 0 atom stereocenters. The van der Waals surface area contributed by atoms with Crippen LogP contribution in [0, 0.1) is 5.92 Å². The Kier molecular flexibility index (Phi) is 7.17. The van der Waals surface area contributed by atoms with Crippen molar-refractivity contribution in [2.45, 2.75) is 64.8 Å². The first-order valence-electron chi connectivity index (χ1n) is 7.00. The van der Waals surface area contributed by atoms with Gasteiger partial charge in [-0.15, -0.1) is 0 Å². The van der Waals surface area contributed by atoms with Crippen LogP contribution < -0.4 is 0 Å². The van der Waals surface area contributed by atoms with Crippen LogP contribution in [-0.4, -0.2) is 28.7 Å². The van der Waals surface area contributed by atoms with Crippen LogP contribution >= 0.6 is 15.9 Å². The van der Waals surface area contributed by atoms with Gasteiger partial charge in [0.15, 0.2) is 0 Å². The molecule has 0 aromatic heterocycles. The SMILES string of the molecule is CC(C)N(CCCBr)C(=O)CCC1CCCC1. The van der Waals surface area contributed by atoms with Gasteiger partial charge in [-0.25, -0.2) is 0 Å². The van der Waals surface area contributed by atoms with Crippen molar-refractivity contribution < 1.29 is 4.79 Å². The first kappa shape index (κ1) is 15.0. The van der Waals surface area contributed by atoms with Crippen LogP contribution in [0.3, 0.4) is 0 Å². The molecule has 100 valence electrons. The summed E-state index contributed by atoms with van der Waals surface area (Å²) in [5, 5.41) is 0.978. The van der Waals surface area contributed by atoms with Crippen molar-refractivity contribution in [3.05, 3.63) is 0 Å². The molecule has 0 spiro atoms. The highest BCUT2D eigenvalue weighted by atomic mass is 79.9. The third-order valence-electron chi connectivity index (χ3n) is 3.72. The Labute approximate surface area is 114 Å². The number of nitrogens with zero attached hydrogens (tertiary/aromatic N) is 1. The minimum Gasteiger partial charge on any atom is -0.340 e. The Bertz CT molecular complexity index is 224. The summed E-state index contributed by atoms with van der Waals surface area (Å²) >= 11 is 3.43. The minimum absolute atomic E-state index is 0.338. The van der Waals surface area contributed by atoms with Gasteiger partial charge in [0.2, 0.25) is 5.91 Å². The van der Waals surface area contributed by atoms with Gasteiger partial charge in [-0.1, -0.05) is 41.6 Å². The second-order valence-corrected chi connectivity index (χ2v) is 6.21. The maximum Gasteiger partial charge on any atom is 0.222 e. The van der Waals surface area contributed by atoms with E-state index in [1.165, 1.54) is 25.7 Å². The highest BCUT2D eigenvalue weighted by Crippen LogP contribution is 2.28. The number of carbonyl (C=O) groups excluding carboxylic acids is 1. The van der Waals surface area contributed by atoms with Gasteiger partial charge in [0.25, 0.3) is 0 Å². The maximum absolute atomic E-state index is 12.2. The lowest BCUT2D eigenvalue weighted by Crippen LogP contribution is -2.37. The van der Waals surface area contributed by atoms with Crippen LogP contribution in [0.25, 0.3) is 0 Å².